The minimum atomic E-state index is -0.835. The van der Waals surface area contributed by atoms with Gasteiger partial charge in [-0.05, 0) is 17.7 Å². The zero-order valence-corrected chi connectivity index (χ0v) is 14.3. The number of benzene rings is 2. The summed E-state index contributed by atoms with van der Waals surface area (Å²) in [6.07, 6.45) is 0.287. The van der Waals surface area contributed by atoms with Crippen LogP contribution in [0.15, 0.2) is 53.4 Å². The molecule has 0 unspecified atom stereocenters. The number of halogens is 2. The molecule has 25 heavy (non-hydrogen) atoms. The third-order valence-corrected chi connectivity index (χ3v) is 4.40. The Bertz CT molecular complexity index is 740. The molecule has 1 N–H and O–H groups in total. The highest BCUT2D eigenvalue weighted by Crippen LogP contribution is 2.22. The van der Waals surface area contributed by atoms with Gasteiger partial charge in [-0.1, -0.05) is 30.3 Å². The number of methoxy groups -OCH3 is 1. The van der Waals surface area contributed by atoms with E-state index in [1.807, 2.05) is 30.3 Å². The maximum atomic E-state index is 13.6. The van der Waals surface area contributed by atoms with Crippen LogP contribution in [0, 0.1) is 11.6 Å². The highest BCUT2D eigenvalue weighted by molar-refractivity contribution is 8.00. The molecule has 0 spiro atoms. The second-order valence-electron chi connectivity index (χ2n) is 5.20. The summed E-state index contributed by atoms with van der Waals surface area (Å²) in [6.45, 7) is 0. The summed E-state index contributed by atoms with van der Waals surface area (Å²) in [4.78, 5) is 24.1. The Kier molecular flexibility index (Phi) is 6.94. The van der Waals surface area contributed by atoms with Crippen molar-refractivity contribution in [2.24, 2.45) is 0 Å². The summed E-state index contributed by atoms with van der Waals surface area (Å²) in [5.74, 6) is -2.52. The number of ether oxygens (including phenoxy) is 1. The van der Waals surface area contributed by atoms with E-state index in [2.05, 4.69) is 5.32 Å². The molecule has 0 fully saturated rings. The fourth-order valence-corrected chi connectivity index (χ4v) is 2.89. The standard InChI is InChI=1S/C18H17F2NO3S/c1-24-18(23)15(9-12-5-3-2-4-6-12)21-17(22)11-25-16-8-7-13(19)10-14(16)20/h2-8,10,15H,9,11H2,1H3,(H,21,22)/t15-/m1/s1. The zero-order chi connectivity index (χ0) is 18.2. The van der Waals surface area contributed by atoms with Gasteiger partial charge in [-0.2, -0.15) is 0 Å². The summed E-state index contributed by atoms with van der Waals surface area (Å²) < 4.78 is 31.2. The molecule has 0 aliphatic carbocycles. The Hall–Kier alpha value is -2.41. The Labute approximate surface area is 148 Å². The summed E-state index contributed by atoms with van der Waals surface area (Å²) in [5.41, 5.74) is 0.871. The van der Waals surface area contributed by atoms with Crippen LogP contribution in [-0.4, -0.2) is 30.8 Å². The highest BCUT2D eigenvalue weighted by atomic mass is 32.2. The molecule has 1 atom stereocenters. The smallest absolute Gasteiger partial charge is 0.328 e. The van der Waals surface area contributed by atoms with Gasteiger partial charge in [0.2, 0.25) is 5.91 Å². The van der Waals surface area contributed by atoms with Crippen molar-refractivity contribution >= 4 is 23.6 Å². The molecule has 0 saturated heterocycles. The molecule has 0 radical (unpaired) electrons. The second kappa shape index (κ2) is 9.17. The fourth-order valence-electron chi connectivity index (χ4n) is 2.16. The molecule has 2 aromatic rings. The van der Waals surface area contributed by atoms with Crippen LogP contribution in [-0.2, 0) is 20.7 Å². The maximum absolute atomic E-state index is 13.6. The van der Waals surface area contributed by atoms with E-state index in [9.17, 15) is 18.4 Å². The summed E-state index contributed by atoms with van der Waals surface area (Å²) in [7, 11) is 1.25. The molecule has 7 heteroatoms. The first-order chi connectivity index (χ1) is 12.0. The molecule has 132 valence electrons. The van der Waals surface area contributed by atoms with Crippen molar-refractivity contribution in [3.8, 4) is 0 Å². The molecule has 0 heterocycles. The average Bonchev–Trinajstić information content (AvgIpc) is 2.60. The van der Waals surface area contributed by atoms with Crippen molar-refractivity contribution < 1.29 is 23.1 Å². The van der Waals surface area contributed by atoms with Crippen molar-refractivity contribution in [1.29, 1.82) is 0 Å². The largest absolute Gasteiger partial charge is 0.467 e. The van der Waals surface area contributed by atoms with Crippen LogP contribution >= 0.6 is 11.8 Å². The van der Waals surface area contributed by atoms with E-state index in [-0.39, 0.29) is 17.1 Å². The molecule has 1 amide bonds. The lowest BCUT2D eigenvalue weighted by atomic mass is 10.1. The van der Waals surface area contributed by atoms with Gasteiger partial charge in [0, 0.05) is 17.4 Å². The van der Waals surface area contributed by atoms with Gasteiger partial charge in [0.15, 0.2) is 0 Å². The van der Waals surface area contributed by atoms with Gasteiger partial charge in [-0.15, -0.1) is 11.8 Å². The molecule has 0 aliphatic heterocycles. The van der Waals surface area contributed by atoms with Gasteiger partial charge >= 0.3 is 5.97 Å². The topological polar surface area (TPSA) is 55.4 Å². The molecule has 0 bridgehead atoms. The van der Waals surface area contributed by atoms with Gasteiger partial charge in [-0.3, -0.25) is 4.79 Å². The van der Waals surface area contributed by atoms with Crippen LogP contribution in [0.25, 0.3) is 0 Å². The van der Waals surface area contributed by atoms with Gasteiger partial charge in [0.25, 0.3) is 0 Å². The molecule has 4 nitrogen and oxygen atoms in total. The van der Waals surface area contributed by atoms with Gasteiger partial charge in [0.1, 0.15) is 17.7 Å². The summed E-state index contributed by atoms with van der Waals surface area (Å²) >= 11 is 0.926. The fraction of sp³-hybridized carbons (Fsp3) is 0.222. The Morgan fingerprint density at radius 1 is 1.16 bits per heavy atom. The van der Waals surface area contributed by atoms with Crippen molar-refractivity contribution in [3.05, 3.63) is 65.7 Å². The quantitative estimate of drug-likeness (QED) is 0.605. The van der Waals surface area contributed by atoms with Gasteiger partial charge < -0.3 is 10.1 Å². The number of nitrogens with one attached hydrogen (secondary N) is 1. The van der Waals surface area contributed by atoms with Crippen LogP contribution in [0.2, 0.25) is 0 Å². The average molecular weight is 365 g/mol. The zero-order valence-electron chi connectivity index (χ0n) is 13.5. The van der Waals surface area contributed by atoms with Crippen LogP contribution in [0.4, 0.5) is 8.78 Å². The van der Waals surface area contributed by atoms with Crippen LogP contribution < -0.4 is 5.32 Å². The van der Waals surface area contributed by atoms with Crippen LogP contribution in [0.3, 0.4) is 0 Å². The third-order valence-electron chi connectivity index (χ3n) is 3.36. The number of amides is 1. The third kappa shape index (κ3) is 5.86. The Morgan fingerprint density at radius 3 is 2.52 bits per heavy atom. The Morgan fingerprint density at radius 2 is 1.88 bits per heavy atom. The molecular weight excluding hydrogens is 348 g/mol. The molecule has 2 rings (SSSR count). The number of hydrogen-bond donors (Lipinski definition) is 1. The molecule has 0 aliphatic rings. The maximum Gasteiger partial charge on any atom is 0.328 e. The van der Waals surface area contributed by atoms with E-state index >= 15 is 0 Å². The highest BCUT2D eigenvalue weighted by Gasteiger charge is 2.22. The first-order valence-electron chi connectivity index (χ1n) is 7.48. The van der Waals surface area contributed by atoms with E-state index in [0.717, 1.165) is 29.5 Å². The number of carbonyl (C=O) groups excluding carboxylic acids is 2. The van der Waals surface area contributed by atoms with Crippen molar-refractivity contribution in [1.82, 2.24) is 5.32 Å². The lowest BCUT2D eigenvalue weighted by Gasteiger charge is -2.16. The van der Waals surface area contributed by atoms with Crippen molar-refractivity contribution in [3.63, 3.8) is 0 Å². The molecular formula is C18H17F2NO3S. The van der Waals surface area contributed by atoms with Crippen LogP contribution in [0.5, 0.6) is 0 Å². The number of thioether (sulfide) groups is 1. The van der Waals surface area contributed by atoms with E-state index < -0.39 is 29.6 Å². The van der Waals surface area contributed by atoms with E-state index in [0.29, 0.717) is 0 Å². The lowest BCUT2D eigenvalue weighted by Crippen LogP contribution is -2.43. The van der Waals surface area contributed by atoms with Crippen LogP contribution in [0.1, 0.15) is 5.56 Å². The number of rotatable bonds is 7. The normalized spacial score (nSPS) is 11.6. The van der Waals surface area contributed by atoms with Gasteiger partial charge in [0.05, 0.1) is 12.9 Å². The Balaban J connectivity index is 1.95. The molecule has 0 saturated carbocycles. The first-order valence-corrected chi connectivity index (χ1v) is 8.47. The number of carbonyl (C=O) groups is 2. The van der Waals surface area contributed by atoms with Gasteiger partial charge in [-0.25, -0.2) is 13.6 Å². The molecule has 0 aromatic heterocycles. The van der Waals surface area contributed by atoms with E-state index in [1.165, 1.54) is 13.2 Å². The van der Waals surface area contributed by atoms with Crippen molar-refractivity contribution in [2.75, 3.05) is 12.9 Å². The first kappa shape index (κ1) is 18.9. The summed E-state index contributed by atoms with van der Waals surface area (Å²) in [5, 5.41) is 2.59. The molecule has 2 aromatic carbocycles. The number of esters is 1. The van der Waals surface area contributed by atoms with E-state index in [1.54, 1.807) is 0 Å². The lowest BCUT2D eigenvalue weighted by molar-refractivity contribution is -0.144. The number of hydrogen-bond acceptors (Lipinski definition) is 4. The minimum absolute atomic E-state index is 0.106. The minimum Gasteiger partial charge on any atom is -0.467 e. The second-order valence-corrected chi connectivity index (χ2v) is 6.21. The van der Waals surface area contributed by atoms with Crippen molar-refractivity contribution in [2.45, 2.75) is 17.4 Å². The summed E-state index contributed by atoms with van der Waals surface area (Å²) in [6, 6.07) is 11.5. The predicted molar refractivity (Wildman–Crippen MR) is 91.2 cm³/mol. The SMILES string of the molecule is COC(=O)[C@@H](Cc1ccccc1)NC(=O)CSc1ccc(F)cc1F. The van der Waals surface area contributed by atoms with E-state index in [4.69, 9.17) is 4.74 Å². The predicted octanol–water partition coefficient (Wildman–Crippen LogP) is 2.96. The monoisotopic (exact) mass is 365 g/mol.